The molecule has 0 atom stereocenters. The van der Waals surface area contributed by atoms with Crippen molar-refractivity contribution in [3.05, 3.63) is 23.2 Å². The van der Waals surface area contributed by atoms with E-state index in [0.29, 0.717) is 17.5 Å². The Morgan fingerprint density at radius 1 is 1.33 bits per heavy atom. The van der Waals surface area contributed by atoms with E-state index in [1.165, 1.54) is 25.0 Å². The second-order valence-corrected chi connectivity index (χ2v) is 6.86. The third kappa shape index (κ3) is 3.16. The fourth-order valence-electron chi connectivity index (χ4n) is 2.26. The van der Waals surface area contributed by atoms with Gasteiger partial charge in [0, 0.05) is 11.6 Å². The molecule has 0 unspecified atom stereocenters. The highest BCUT2D eigenvalue weighted by Crippen LogP contribution is 2.26. The van der Waals surface area contributed by atoms with Gasteiger partial charge < -0.3 is 5.73 Å². The van der Waals surface area contributed by atoms with Crippen molar-refractivity contribution in [1.29, 1.82) is 0 Å². The maximum atomic E-state index is 12.1. The van der Waals surface area contributed by atoms with E-state index in [0.717, 1.165) is 12.8 Å². The van der Waals surface area contributed by atoms with Gasteiger partial charge in [-0.2, -0.15) is 0 Å². The number of benzene rings is 1. The van der Waals surface area contributed by atoms with Gasteiger partial charge in [-0.3, -0.25) is 0 Å². The van der Waals surface area contributed by atoms with E-state index in [9.17, 15) is 8.42 Å². The number of rotatable bonds is 4. The van der Waals surface area contributed by atoms with E-state index in [-0.39, 0.29) is 10.6 Å². The van der Waals surface area contributed by atoms with Gasteiger partial charge in [0.05, 0.1) is 5.69 Å². The predicted octanol–water partition coefficient (Wildman–Crippen LogP) is 2.39. The molecule has 0 radical (unpaired) electrons. The smallest absolute Gasteiger partial charge is 0.242 e. The van der Waals surface area contributed by atoms with Crippen molar-refractivity contribution in [1.82, 2.24) is 4.72 Å². The Kier molecular flexibility index (Phi) is 4.14. The monoisotopic (exact) mass is 288 g/mol. The van der Waals surface area contributed by atoms with Gasteiger partial charge in [-0.1, -0.05) is 24.4 Å². The van der Waals surface area contributed by atoms with E-state index < -0.39 is 10.0 Å². The van der Waals surface area contributed by atoms with Crippen LogP contribution in [0.1, 0.15) is 25.7 Å². The number of nitrogens with one attached hydrogen (secondary N) is 1. The number of hydrogen-bond donors (Lipinski definition) is 2. The second kappa shape index (κ2) is 5.47. The molecule has 0 amide bonds. The summed E-state index contributed by atoms with van der Waals surface area (Å²) in [6.45, 7) is 0.480. The molecule has 0 aliphatic heterocycles. The Hall–Kier alpha value is -0.780. The summed E-state index contributed by atoms with van der Waals surface area (Å²) in [6, 6.07) is 4.47. The second-order valence-electron chi connectivity index (χ2n) is 4.68. The summed E-state index contributed by atoms with van der Waals surface area (Å²) in [5, 5.41) is 0.366. The molecule has 0 bridgehead atoms. The summed E-state index contributed by atoms with van der Waals surface area (Å²) in [6.07, 6.45) is 4.55. The van der Waals surface area contributed by atoms with E-state index >= 15 is 0 Å². The molecule has 0 spiro atoms. The molecule has 1 aliphatic rings. The Balaban J connectivity index is 2.12. The maximum absolute atomic E-state index is 12.1. The molecule has 0 saturated heterocycles. The van der Waals surface area contributed by atoms with E-state index in [1.54, 1.807) is 6.07 Å². The van der Waals surface area contributed by atoms with Crippen LogP contribution in [0.15, 0.2) is 23.1 Å². The standard InChI is InChI=1S/C12H17ClN2O2S/c13-10-5-6-11(14)12(7-10)18(16,17)15-8-9-3-1-2-4-9/h5-7,9,15H,1-4,8,14H2. The van der Waals surface area contributed by atoms with Crippen LogP contribution in [-0.2, 0) is 10.0 Å². The third-order valence-electron chi connectivity index (χ3n) is 3.30. The SMILES string of the molecule is Nc1ccc(Cl)cc1S(=O)(=O)NCC1CCCC1. The van der Waals surface area contributed by atoms with Crippen molar-refractivity contribution >= 4 is 27.3 Å². The van der Waals surface area contributed by atoms with Crippen LogP contribution in [0.4, 0.5) is 5.69 Å². The normalized spacial score (nSPS) is 17.2. The van der Waals surface area contributed by atoms with Crippen LogP contribution in [-0.4, -0.2) is 15.0 Å². The summed E-state index contributed by atoms with van der Waals surface area (Å²) in [5.74, 6) is 0.445. The Morgan fingerprint density at radius 3 is 2.67 bits per heavy atom. The molecule has 18 heavy (non-hydrogen) atoms. The van der Waals surface area contributed by atoms with Gasteiger partial charge in [-0.25, -0.2) is 13.1 Å². The number of sulfonamides is 1. The topological polar surface area (TPSA) is 72.2 Å². The van der Waals surface area contributed by atoms with Crippen molar-refractivity contribution in [2.45, 2.75) is 30.6 Å². The number of nitrogen functional groups attached to an aromatic ring is 1. The third-order valence-corrected chi connectivity index (χ3v) is 5.02. The molecular formula is C12H17ClN2O2S. The van der Waals surface area contributed by atoms with Crippen LogP contribution < -0.4 is 10.5 Å². The molecule has 6 heteroatoms. The molecule has 100 valence electrons. The molecule has 1 fully saturated rings. The summed E-state index contributed by atoms with van der Waals surface area (Å²) in [7, 11) is -3.56. The number of halogens is 1. The zero-order chi connectivity index (χ0) is 13.2. The fraction of sp³-hybridized carbons (Fsp3) is 0.500. The van der Waals surface area contributed by atoms with Gasteiger partial charge in [0.2, 0.25) is 10.0 Å². The van der Waals surface area contributed by atoms with Crippen molar-refractivity contribution in [3.63, 3.8) is 0 Å². The average Bonchev–Trinajstić information content (AvgIpc) is 2.83. The van der Waals surface area contributed by atoms with E-state index in [4.69, 9.17) is 17.3 Å². The van der Waals surface area contributed by atoms with Gasteiger partial charge in [-0.05, 0) is 37.0 Å². The van der Waals surface area contributed by atoms with Crippen LogP contribution in [0.3, 0.4) is 0 Å². The molecule has 4 nitrogen and oxygen atoms in total. The highest BCUT2D eigenvalue weighted by Gasteiger charge is 2.21. The first kappa shape index (κ1) is 13.6. The molecule has 3 N–H and O–H groups in total. The molecule has 1 aromatic rings. The predicted molar refractivity (Wildman–Crippen MR) is 73.0 cm³/mol. The molecule has 2 rings (SSSR count). The van der Waals surface area contributed by atoms with Crippen molar-refractivity contribution in [2.24, 2.45) is 5.92 Å². The zero-order valence-corrected chi connectivity index (χ0v) is 11.6. The lowest BCUT2D eigenvalue weighted by molar-refractivity contribution is 0.520. The van der Waals surface area contributed by atoms with Gasteiger partial charge in [0.1, 0.15) is 4.90 Å². The van der Waals surface area contributed by atoms with Crippen LogP contribution >= 0.6 is 11.6 Å². The highest BCUT2D eigenvalue weighted by atomic mass is 35.5. The fourth-order valence-corrected chi connectivity index (χ4v) is 3.77. The largest absolute Gasteiger partial charge is 0.398 e. The van der Waals surface area contributed by atoms with Crippen molar-refractivity contribution in [3.8, 4) is 0 Å². The molecule has 1 saturated carbocycles. The Labute approximate surface area is 113 Å². The van der Waals surface area contributed by atoms with Gasteiger partial charge >= 0.3 is 0 Å². The molecule has 1 aromatic carbocycles. The number of hydrogen-bond acceptors (Lipinski definition) is 3. The molecular weight excluding hydrogens is 272 g/mol. The van der Waals surface area contributed by atoms with Gasteiger partial charge in [0.25, 0.3) is 0 Å². The summed E-state index contributed by atoms with van der Waals surface area (Å²) in [4.78, 5) is 0.0630. The van der Waals surface area contributed by atoms with Crippen LogP contribution in [0, 0.1) is 5.92 Å². The van der Waals surface area contributed by atoms with Crippen LogP contribution in [0.2, 0.25) is 5.02 Å². The molecule has 0 aromatic heterocycles. The molecule has 1 aliphatic carbocycles. The first-order chi connectivity index (χ1) is 8.49. The lowest BCUT2D eigenvalue weighted by Gasteiger charge is -2.12. The Bertz CT molecular complexity index is 525. The maximum Gasteiger partial charge on any atom is 0.242 e. The highest BCUT2D eigenvalue weighted by molar-refractivity contribution is 7.89. The number of anilines is 1. The minimum atomic E-state index is -3.56. The van der Waals surface area contributed by atoms with E-state index in [2.05, 4.69) is 4.72 Å². The average molecular weight is 289 g/mol. The van der Waals surface area contributed by atoms with Crippen molar-refractivity contribution in [2.75, 3.05) is 12.3 Å². The molecule has 0 heterocycles. The van der Waals surface area contributed by atoms with Crippen LogP contribution in [0.5, 0.6) is 0 Å². The quantitative estimate of drug-likeness (QED) is 0.836. The lowest BCUT2D eigenvalue weighted by Crippen LogP contribution is -2.29. The minimum absolute atomic E-state index is 0.0630. The van der Waals surface area contributed by atoms with Crippen molar-refractivity contribution < 1.29 is 8.42 Å². The van der Waals surface area contributed by atoms with Gasteiger partial charge in [-0.15, -0.1) is 0 Å². The Morgan fingerprint density at radius 2 is 2.00 bits per heavy atom. The van der Waals surface area contributed by atoms with Crippen LogP contribution in [0.25, 0.3) is 0 Å². The number of nitrogens with two attached hydrogens (primary N) is 1. The summed E-state index contributed by atoms with van der Waals surface area (Å²) in [5.41, 5.74) is 5.90. The van der Waals surface area contributed by atoms with E-state index in [1.807, 2.05) is 0 Å². The summed E-state index contributed by atoms with van der Waals surface area (Å²) >= 11 is 5.80. The zero-order valence-electron chi connectivity index (χ0n) is 10.0. The first-order valence-electron chi connectivity index (χ1n) is 6.04. The first-order valence-corrected chi connectivity index (χ1v) is 7.90. The van der Waals surface area contributed by atoms with Gasteiger partial charge in [0.15, 0.2) is 0 Å². The lowest BCUT2D eigenvalue weighted by atomic mass is 10.1. The minimum Gasteiger partial charge on any atom is -0.398 e. The summed E-state index contributed by atoms with van der Waals surface area (Å²) < 4.78 is 26.8.